The van der Waals surface area contributed by atoms with Crippen molar-refractivity contribution in [2.45, 2.75) is 51.1 Å². The third-order valence-electron chi connectivity index (χ3n) is 6.16. The quantitative estimate of drug-likeness (QED) is 0.636. The van der Waals surface area contributed by atoms with E-state index in [9.17, 15) is 15.3 Å². The fourth-order valence-corrected chi connectivity index (χ4v) is 4.40. The highest BCUT2D eigenvalue weighted by Crippen LogP contribution is 2.59. The summed E-state index contributed by atoms with van der Waals surface area (Å²) in [6.45, 7) is 7.64. The molecule has 0 saturated carbocycles. The van der Waals surface area contributed by atoms with Gasteiger partial charge in [-0.3, -0.25) is 0 Å². The minimum Gasteiger partial charge on any atom is -0.508 e. The zero-order valence-corrected chi connectivity index (χ0v) is 18.0. The van der Waals surface area contributed by atoms with E-state index in [1.54, 1.807) is 18.2 Å². The molecule has 0 aliphatic carbocycles. The largest absolute Gasteiger partial charge is 0.508 e. The van der Waals surface area contributed by atoms with Crippen LogP contribution in [-0.4, -0.2) is 27.5 Å². The van der Waals surface area contributed by atoms with E-state index in [0.29, 0.717) is 34.6 Å². The van der Waals surface area contributed by atoms with Gasteiger partial charge in [-0.25, -0.2) is 0 Å². The molecule has 0 spiro atoms. The third kappa shape index (κ3) is 2.78. The highest BCUT2D eigenvalue weighted by atomic mass is 16.7. The van der Waals surface area contributed by atoms with Crippen LogP contribution in [0.4, 0.5) is 0 Å². The molecular formula is C25H26O6. The van der Waals surface area contributed by atoms with Gasteiger partial charge in [-0.05, 0) is 58.4 Å². The van der Waals surface area contributed by atoms with Crippen molar-refractivity contribution >= 4 is 6.08 Å². The fourth-order valence-electron chi connectivity index (χ4n) is 4.40. The van der Waals surface area contributed by atoms with Gasteiger partial charge in [-0.2, -0.15) is 0 Å². The number of phenols is 1. The van der Waals surface area contributed by atoms with Crippen molar-refractivity contribution in [3.8, 4) is 23.0 Å². The number of benzene rings is 2. The average Bonchev–Trinajstić information content (AvgIpc) is 2.93. The minimum absolute atomic E-state index is 0.0484. The maximum absolute atomic E-state index is 11.7. The number of rotatable bonds is 2. The fraction of sp³-hybridized carbons (Fsp3) is 0.360. The Balaban J connectivity index is 1.66. The summed E-state index contributed by atoms with van der Waals surface area (Å²) in [7, 11) is 0. The third-order valence-corrected chi connectivity index (χ3v) is 6.16. The normalized spacial score (nSPS) is 26.4. The number of fused-ring (bicyclic) bond motifs is 6. The number of phenolic OH excluding ortho intramolecular Hbond substituents is 1. The van der Waals surface area contributed by atoms with Crippen LogP contribution in [0.5, 0.6) is 23.0 Å². The van der Waals surface area contributed by atoms with Crippen molar-refractivity contribution in [1.82, 2.24) is 0 Å². The summed E-state index contributed by atoms with van der Waals surface area (Å²) < 4.78 is 18.0. The van der Waals surface area contributed by atoms with Crippen molar-refractivity contribution < 1.29 is 29.5 Å². The van der Waals surface area contributed by atoms with Gasteiger partial charge < -0.3 is 29.5 Å². The van der Waals surface area contributed by atoms with E-state index in [4.69, 9.17) is 14.2 Å². The van der Waals surface area contributed by atoms with Gasteiger partial charge >= 0.3 is 0 Å². The van der Waals surface area contributed by atoms with Crippen LogP contribution in [0, 0.1) is 0 Å². The van der Waals surface area contributed by atoms with Crippen LogP contribution in [-0.2, 0) is 17.8 Å². The summed E-state index contributed by atoms with van der Waals surface area (Å²) in [6, 6.07) is 6.54. The lowest BCUT2D eigenvalue weighted by molar-refractivity contribution is -0.272. The molecule has 2 unspecified atom stereocenters. The zero-order valence-electron chi connectivity index (χ0n) is 18.0. The van der Waals surface area contributed by atoms with E-state index in [1.165, 1.54) is 6.07 Å². The maximum atomic E-state index is 11.7. The Morgan fingerprint density at radius 2 is 1.84 bits per heavy atom. The first-order chi connectivity index (χ1) is 14.5. The Morgan fingerprint density at radius 3 is 2.58 bits per heavy atom. The van der Waals surface area contributed by atoms with Gasteiger partial charge in [0, 0.05) is 22.8 Å². The molecule has 3 heterocycles. The molecule has 3 aliphatic rings. The van der Waals surface area contributed by atoms with E-state index in [1.807, 2.05) is 45.9 Å². The molecule has 3 aliphatic heterocycles. The van der Waals surface area contributed by atoms with Crippen LogP contribution < -0.4 is 14.2 Å². The zero-order chi connectivity index (χ0) is 22.2. The minimum atomic E-state index is -2.06. The smallest absolute Gasteiger partial charge is 0.275 e. The highest BCUT2D eigenvalue weighted by molar-refractivity contribution is 5.67. The predicted octanol–water partition coefficient (Wildman–Crippen LogP) is 3.90. The first kappa shape index (κ1) is 20.0. The van der Waals surface area contributed by atoms with E-state index in [-0.39, 0.29) is 18.1 Å². The van der Waals surface area contributed by atoms with Crippen LogP contribution in [0.1, 0.15) is 49.9 Å². The molecule has 0 amide bonds. The van der Waals surface area contributed by atoms with Gasteiger partial charge in [0.1, 0.15) is 35.2 Å². The Morgan fingerprint density at radius 1 is 1.06 bits per heavy atom. The van der Waals surface area contributed by atoms with Gasteiger partial charge in [0.25, 0.3) is 5.79 Å². The second kappa shape index (κ2) is 6.28. The van der Waals surface area contributed by atoms with E-state index in [0.717, 1.165) is 11.1 Å². The Kier molecular flexibility index (Phi) is 4.04. The molecule has 2 atom stereocenters. The molecule has 0 radical (unpaired) electrons. The first-order valence-corrected chi connectivity index (χ1v) is 10.4. The van der Waals surface area contributed by atoms with Crippen LogP contribution in [0.25, 0.3) is 6.08 Å². The molecule has 5 rings (SSSR count). The van der Waals surface area contributed by atoms with Gasteiger partial charge in [0.15, 0.2) is 5.60 Å². The number of aromatic hydroxyl groups is 1. The molecule has 0 saturated heterocycles. The summed E-state index contributed by atoms with van der Waals surface area (Å²) in [5.41, 5.74) is 0.782. The molecule has 2 aromatic carbocycles. The summed E-state index contributed by atoms with van der Waals surface area (Å²) in [6.07, 6.45) is 6.22. The van der Waals surface area contributed by atoms with Crippen LogP contribution in [0.3, 0.4) is 0 Å². The lowest BCUT2D eigenvalue weighted by atomic mass is 9.80. The Hall–Kier alpha value is -2.96. The van der Waals surface area contributed by atoms with Crippen molar-refractivity contribution in [3.05, 3.63) is 64.2 Å². The number of hydrogen-bond acceptors (Lipinski definition) is 6. The summed E-state index contributed by atoms with van der Waals surface area (Å²) >= 11 is 0. The SMILES string of the molecule is CC(C)=CCc1c(O)ccc2c1OC1(O)c3cc4c(cc3OCC21O)OC(C)(C)C=C4. The highest BCUT2D eigenvalue weighted by Gasteiger charge is 2.65. The van der Waals surface area contributed by atoms with Crippen LogP contribution >= 0.6 is 0 Å². The molecule has 6 heteroatoms. The average molecular weight is 422 g/mol. The van der Waals surface area contributed by atoms with Gasteiger partial charge in [-0.1, -0.05) is 17.7 Å². The van der Waals surface area contributed by atoms with Crippen LogP contribution in [0.2, 0.25) is 0 Å². The lowest BCUT2D eigenvalue weighted by Gasteiger charge is -2.41. The topological polar surface area (TPSA) is 88.4 Å². The van der Waals surface area contributed by atoms with E-state index < -0.39 is 17.0 Å². The van der Waals surface area contributed by atoms with Crippen molar-refractivity contribution in [1.29, 1.82) is 0 Å². The number of hydrogen-bond donors (Lipinski definition) is 3. The van der Waals surface area contributed by atoms with Gasteiger partial charge in [-0.15, -0.1) is 0 Å². The molecule has 0 aromatic heterocycles. The molecular weight excluding hydrogens is 396 g/mol. The standard InChI is InChI=1S/C25H26O6/c1-14(2)5-6-16-19(26)8-7-17-22(16)31-25(28)18-11-15-9-10-23(3,4)30-20(15)12-21(18)29-13-24(17,25)27/h5,7-12,26-28H,6,13H2,1-4H3. The lowest BCUT2D eigenvalue weighted by Crippen LogP contribution is -2.55. The van der Waals surface area contributed by atoms with E-state index >= 15 is 0 Å². The Bertz CT molecular complexity index is 1160. The Labute approximate surface area is 181 Å². The van der Waals surface area contributed by atoms with Gasteiger partial charge in [0.2, 0.25) is 0 Å². The molecule has 0 bridgehead atoms. The molecule has 6 nitrogen and oxygen atoms in total. The monoisotopic (exact) mass is 422 g/mol. The molecule has 31 heavy (non-hydrogen) atoms. The molecule has 3 N–H and O–H groups in total. The first-order valence-electron chi connectivity index (χ1n) is 10.4. The second-order valence-corrected chi connectivity index (χ2v) is 9.25. The molecule has 2 aromatic rings. The predicted molar refractivity (Wildman–Crippen MR) is 115 cm³/mol. The number of ether oxygens (including phenoxy) is 3. The summed E-state index contributed by atoms with van der Waals surface area (Å²) in [4.78, 5) is 0. The summed E-state index contributed by atoms with van der Waals surface area (Å²) in [5, 5.41) is 33.8. The summed E-state index contributed by atoms with van der Waals surface area (Å²) in [5.74, 6) is -0.707. The van der Waals surface area contributed by atoms with Crippen LogP contribution in [0.15, 0.2) is 42.0 Å². The maximum Gasteiger partial charge on any atom is 0.275 e. The molecule has 0 fully saturated rings. The number of aliphatic hydroxyl groups is 2. The van der Waals surface area contributed by atoms with Crippen molar-refractivity contribution in [3.63, 3.8) is 0 Å². The number of allylic oxidation sites excluding steroid dienone is 2. The van der Waals surface area contributed by atoms with Crippen molar-refractivity contribution in [2.75, 3.05) is 6.61 Å². The second-order valence-electron chi connectivity index (χ2n) is 9.25. The molecule has 162 valence electrons. The van der Waals surface area contributed by atoms with E-state index in [2.05, 4.69) is 0 Å². The van der Waals surface area contributed by atoms with Crippen molar-refractivity contribution in [2.24, 2.45) is 0 Å². The van der Waals surface area contributed by atoms with Gasteiger partial charge in [0.05, 0.1) is 5.56 Å².